The third-order valence-corrected chi connectivity index (χ3v) is 3.23. The zero-order valence-corrected chi connectivity index (χ0v) is 14.1. The van der Waals surface area contributed by atoms with Crippen LogP contribution in [0.15, 0.2) is 17.4 Å². The largest absolute Gasteiger partial charge is 0.379 e. The number of aliphatic imine (C=N–C) groups is 1. The van der Waals surface area contributed by atoms with Gasteiger partial charge in [0.1, 0.15) is 0 Å². The first-order chi connectivity index (χ1) is 9.86. The third kappa shape index (κ3) is 6.16. The lowest BCUT2D eigenvalue weighted by molar-refractivity contribution is 0.0205. The molecule has 1 atom stereocenters. The van der Waals surface area contributed by atoms with Gasteiger partial charge in [0.15, 0.2) is 5.96 Å². The number of nitrogens with zero attached hydrogens (tertiary/aromatic N) is 3. The van der Waals surface area contributed by atoms with E-state index in [4.69, 9.17) is 4.74 Å². The molecule has 1 heterocycles. The average molecular weight is 295 g/mol. The van der Waals surface area contributed by atoms with Crippen LogP contribution in [0.4, 0.5) is 0 Å². The SMILES string of the molecule is CCNC(=NCc1cnn(C)c1)NCC(OC)C(C)(C)C. The van der Waals surface area contributed by atoms with E-state index in [1.807, 2.05) is 19.4 Å². The van der Waals surface area contributed by atoms with E-state index in [-0.39, 0.29) is 11.5 Å². The molecule has 0 amide bonds. The van der Waals surface area contributed by atoms with Gasteiger partial charge < -0.3 is 15.4 Å². The van der Waals surface area contributed by atoms with E-state index in [0.29, 0.717) is 6.54 Å². The van der Waals surface area contributed by atoms with Crippen LogP contribution in [0.5, 0.6) is 0 Å². The van der Waals surface area contributed by atoms with Gasteiger partial charge in [-0.3, -0.25) is 4.68 Å². The highest BCUT2D eigenvalue weighted by Crippen LogP contribution is 2.20. The average Bonchev–Trinajstić information content (AvgIpc) is 2.80. The Labute approximate surface area is 128 Å². The number of guanidine groups is 1. The lowest BCUT2D eigenvalue weighted by Crippen LogP contribution is -2.45. The van der Waals surface area contributed by atoms with Crippen molar-refractivity contribution in [2.24, 2.45) is 17.5 Å². The van der Waals surface area contributed by atoms with Crippen LogP contribution in [-0.4, -0.2) is 42.0 Å². The highest BCUT2D eigenvalue weighted by Gasteiger charge is 2.24. The van der Waals surface area contributed by atoms with Gasteiger partial charge in [-0.15, -0.1) is 0 Å². The van der Waals surface area contributed by atoms with E-state index >= 15 is 0 Å². The van der Waals surface area contributed by atoms with Gasteiger partial charge in [0.05, 0.1) is 18.8 Å². The van der Waals surface area contributed by atoms with Crippen molar-refractivity contribution >= 4 is 5.96 Å². The summed E-state index contributed by atoms with van der Waals surface area (Å²) in [5, 5.41) is 10.7. The molecule has 1 aromatic rings. The fourth-order valence-corrected chi connectivity index (χ4v) is 2.00. The van der Waals surface area contributed by atoms with Crippen molar-refractivity contribution in [1.82, 2.24) is 20.4 Å². The second kappa shape index (κ2) is 8.02. The topological polar surface area (TPSA) is 63.5 Å². The van der Waals surface area contributed by atoms with Crippen LogP contribution in [0.3, 0.4) is 0 Å². The van der Waals surface area contributed by atoms with E-state index in [1.165, 1.54) is 0 Å². The smallest absolute Gasteiger partial charge is 0.191 e. The van der Waals surface area contributed by atoms with E-state index in [2.05, 4.69) is 48.4 Å². The maximum absolute atomic E-state index is 5.55. The summed E-state index contributed by atoms with van der Waals surface area (Å²) in [5.41, 5.74) is 1.18. The second-order valence-corrected chi connectivity index (χ2v) is 6.19. The summed E-state index contributed by atoms with van der Waals surface area (Å²) in [6, 6.07) is 0. The van der Waals surface area contributed by atoms with Crippen LogP contribution in [0.25, 0.3) is 0 Å². The maximum Gasteiger partial charge on any atom is 0.191 e. The second-order valence-electron chi connectivity index (χ2n) is 6.19. The zero-order valence-electron chi connectivity index (χ0n) is 14.1. The van der Waals surface area contributed by atoms with Crippen LogP contribution in [0.2, 0.25) is 0 Å². The van der Waals surface area contributed by atoms with Gasteiger partial charge >= 0.3 is 0 Å². The number of rotatable bonds is 6. The standard InChI is InChI=1S/C15H29N5O/c1-7-16-14(17-8-12-9-19-20(5)11-12)18-10-13(21-6)15(2,3)4/h9,11,13H,7-8,10H2,1-6H3,(H2,16,17,18). The summed E-state index contributed by atoms with van der Waals surface area (Å²) in [4.78, 5) is 4.57. The number of nitrogens with one attached hydrogen (secondary N) is 2. The molecule has 0 aromatic carbocycles. The highest BCUT2D eigenvalue weighted by atomic mass is 16.5. The Kier molecular flexibility index (Phi) is 6.68. The number of ether oxygens (including phenoxy) is 1. The van der Waals surface area contributed by atoms with Gasteiger partial charge in [0.25, 0.3) is 0 Å². The molecule has 0 bridgehead atoms. The minimum atomic E-state index is 0.0857. The van der Waals surface area contributed by atoms with E-state index < -0.39 is 0 Å². The first-order valence-corrected chi connectivity index (χ1v) is 7.39. The molecule has 2 N–H and O–H groups in total. The van der Waals surface area contributed by atoms with Crippen molar-refractivity contribution in [2.75, 3.05) is 20.2 Å². The summed E-state index contributed by atoms with van der Waals surface area (Å²) >= 11 is 0. The Balaban J connectivity index is 2.60. The molecular formula is C15H29N5O. The molecule has 0 aliphatic rings. The van der Waals surface area contributed by atoms with Gasteiger partial charge in [0.2, 0.25) is 0 Å². The molecule has 0 saturated heterocycles. The summed E-state index contributed by atoms with van der Waals surface area (Å²) in [5.74, 6) is 0.799. The molecule has 1 aromatic heterocycles. The zero-order chi connectivity index (χ0) is 15.9. The Morgan fingerprint density at radius 1 is 1.43 bits per heavy atom. The molecule has 0 aliphatic heterocycles. The van der Waals surface area contributed by atoms with Gasteiger partial charge in [-0.2, -0.15) is 5.10 Å². The van der Waals surface area contributed by atoms with Crippen molar-refractivity contribution in [2.45, 2.75) is 40.3 Å². The number of hydrogen-bond donors (Lipinski definition) is 2. The summed E-state index contributed by atoms with van der Waals surface area (Å²) in [7, 11) is 3.65. The Hall–Kier alpha value is -1.56. The van der Waals surface area contributed by atoms with Crippen molar-refractivity contribution in [3.63, 3.8) is 0 Å². The molecule has 1 unspecified atom stereocenters. The number of aryl methyl sites for hydroxylation is 1. The number of hydrogen-bond acceptors (Lipinski definition) is 3. The van der Waals surface area contributed by atoms with Crippen molar-refractivity contribution in [3.05, 3.63) is 18.0 Å². The summed E-state index contributed by atoms with van der Waals surface area (Å²) < 4.78 is 7.33. The molecule has 0 saturated carbocycles. The minimum Gasteiger partial charge on any atom is -0.379 e. The van der Waals surface area contributed by atoms with Gasteiger partial charge in [-0.05, 0) is 12.3 Å². The number of methoxy groups -OCH3 is 1. The Morgan fingerprint density at radius 3 is 2.62 bits per heavy atom. The summed E-state index contributed by atoms with van der Waals surface area (Å²) in [6.45, 7) is 10.7. The summed E-state index contributed by atoms with van der Waals surface area (Å²) in [6.07, 6.45) is 3.93. The molecule has 21 heavy (non-hydrogen) atoms. The minimum absolute atomic E-state index is 0.0857. The lowest BCUT2D eigenvalue weighted by Gasteiger charge is -2.30. The van der Waals surface area contributed by atoms with Crippen LogP contribution in [-0.2, 0) is 18.3 Å². The maximum atomic E-state index is 5.55. The molecule has 0 aliphatic carbocycles. The monoisotopic (exact) mass is 295 g/mol. The molecule has 0 spiro atoms. The normalized spacial score (nSPS) is 14.1. The van der Waals surface area contributed by atoms with Gasteiger partial charge in [0, 0.05) is 39.0 Å². The van der Waals surface area contributed by atoms with Gasteiger partial charge in [-0.1, -0.05) is 20.8 Å². The molecule has 6 nitrogen and oxygen atoms in total. The van der Waals surface area contributed by atoms with Crippen LogP contribution >= 0.6 is 0 Å². The lowest BCUT2D eigenvalue weighted by atomic mass is 9.89. The fraction of sp³-hybridized carbons (Fsp3) is 0.733. The quantitative estimate of drug-likeness (QED) is 0.617. The van der Waals surface area contributed by atoms with E-state index in [1.54, 1.807) is 11.8 Å². The predicted molar refractivity (Wildman–Crippen MR) is 86.3 cm³/mol. The van der Waals surface area contributed by atoms with Crippen LogP contribution in [0, 0.1) is 5.41 Å². The first kappa shape index (κ1) is 17.5. The van der Waals surface area contributed by atoms with Crippen molar-refractivity contribution in [1.29, 1.82) is 0 Å². The van der Waals surface area contributed by atoms with Crippen molar-refractivity contribution in [3.8, 4) is 0 Å². The number of aromatic nitrogens is 2. The van der Waals surface area contributed by atoms with Gasteiger partial charge in [-0.25, -0.2) is 4.99 Å². The molecule has 0 fully saturated rings. The van der Waals surface area contributed by atoms with E-state index in [9.17, 15) is 0 Å². The predicted octanol–water partition coefficient (Wildman–Crippen LogP) is 1.54. The highest BCUT2D eigenvalue weighted by molar-refractivity contribution is 5.79. The van der Waals surface area contributed by atoms with Crippen molar-refractivity contribution < 1.29 is 4.74 Å². The fourth-order valence-electron chi connectivity index (χ4n) is 2.00. The molecule has 0 radical (unpaired) electrons. The first-order valence-electron chi connectivity index (χ1n) is 7.39. The Morgan fingerprint density at radius 2 is 2.14 bits per heavy atom. The van der Waals surface area contributed by atoms with Crippen LogP contribution < -0.4 is 10.6 Å². The molecular weight excluding hydrogens is 266 g/mol. The molecule has 1 rings (SSSR count). The Bertz CT molecular complexity index is 447. The van der Waals surface area contributed by atoms with Crippen LogP contribution in [0.1, 0.15) is 33.3 Å². The third-order valence-electron chi connectivity index (χ3n) is 3.23. The molecule has 6 heteroatoms. The molecule has 120 valence electrons. The van der Waals surface area contributed by atoms with E-state index in [0.717, 1.165) is 24.6 Å².